The van der Waals surface area contributed by atoms with Gasteiger partial charge in [0.1, 0.15) is 0 Å². The Hall–Kier alpha value is -3.40. The van der Waals surface area contributed by atoms with Gasteiger partial charge in [-0.15, -0.1) is 5.10 Å². The summed E-state index contributed by atoms with van der Waals surface area (Å²) in [4.78, 5) is 4.43. The molecule has 264 valence electrons. The first kappa shape index (κ1) is 35.9. The van der Waals surface area contributed by atoms with Crippen molar-refractivity contribution < 1.29 is 44.6 Å². The monoisotopic (exact) mass is 692 g/mol. The van der Waals surface area contributed by atoms with E-state index < -0.39 is 53.4 Å². The Kier molecular flexibility index (Phi) is 10.1. The number of piperidine rings is 1. The number of aliphatic hydroxyl groups is 1. The Morgan fingerprint density at radius 1 is 0.875 bits per heavy atom. The smallest absolute Gasteiger partial charge is 0.393 e. The van der Waals surface area contributed by atoms with E-state index >= 15 is 0 Å². The maximum absolute atomic E-state index is 14.0. The summed E-state index contributed by atoms with van der Waals surface area (Å²) in [6, 6.07) is 4.11. The van der Waals surface area contributed by atoms with Crippen LogP contribution in [0.4, 0.5) is 45.5 Å². The molecule has 1 N–H and O–H groups in total. The third kappa shape index (κ3) is 7.90. The summed E-state index contributed by atoms with van der Waals surface area (Å²) in [5.74, 6) is -0.192. The van der Waals surface area contributed by atoms with Crippen LogP contribution in [-0.4, -0.2) is 49.4 Å². The molecule has 0 radical (unpaired) electrons. The van der Waals surface area contributed by atoms with Crippen molar-refractivity contribution in [2.75, 3.05) is 18.0 Å². The molecular weight excluding hydrogens is 655 g/mol. The van der Waals surface area contributed by atoms with Gasteiger partial charge in [-0.2, -0.15) is 44.3 Å². The number of aromatic nitrogens is 4. The zero-order chi connectivity index (χ0) is 35.1. The highest BCUT2D eigenvalue weighted by Crippen LogP contribution is 2.46. The quantitative estimate of drug-likeness (QED) is 0.242. The van der Waals surface area contributed by atoms with Crippen LogP contribution in [0, 0.1) is 5.41 Å². The first-order valence-corrected chi connectivity index (χ1v) is 15.8. The molecule has 48 heavy (non-hydrogen) atoms. The summed E-state index contributed by atoms with van der Waals surface area (Å²) < 4.78 is 124. The first-order chi connectivity index (χ1) is 22.4. The minimum atomic E-state index is -5.09. The Labute approximate surface area is 271 Å². The molecule has 2 aromatic carbocycles. The van der Waals surface area contributed by atoms with Gasteiger partial charge in [-0.05, 0) is 90.9 Å². The van der Waals surface area contributed by atoms with E-state index in [0.29, 0.717) is 43.6 Å². The van der Waals surface area contributed by atoms with Crippen LogP contribution in [0.15, 0.2) is 36.4 Å². The number of alkyl halides is 9. The van der Waals surface area contributed by atoms with Gasteiger partial charge < -0.3 is 10.0 Å². The molecule has 1 spiro atoms. The predicted octanol–water partition coefficient (Wildman–Crippen LogP) is 7.94. The standard InChI is InChI=1S/C32H37F9N6O/c1-3-26(46-12-6-11-29(19-46)10-5-4-7-27(29)48)25-9-8-22(30(33,34)35)15-21(25)18-47(28-42-44-45(2)43-28)17-20-13-23(31(36,37)38)16-24(14-20)32(39,40)41/h8-9,13-16,26-27,48H,3-7,10-12,17-19H2,1-2H3/t26?,27-,29+/m1/s1. The molecular formula is C32H37F9N6O. The maximum atomic E-state index is 14.0. The van der Waals surface area contributed by atoms with Crippen LogP contribution in [0.3, 0.4) is 0 Å². The first-order valence-electron chi connectivity index (χ1n) is 15.8. The van der Waals surface area contributed by atoms with Crippen molar-refractivity contribution in [3.05, 3.63) is 69.8 Å². The highest BCUT2D eigenvalue weighted by Gasteiger charge is 2.45. The summed E-state index contributed by atoms with van der Waals surface area (Å²) in [6.07, 6.45) is -9.87. The Morgan fingerprint density at radius 3 is 2.08 bits per heavy atom. The molecule has 1 unspecified atom stereocenters. The number of benzene rings is 2. The van der Waals surface area contributed by atoms with Gasteiger partial charge in [0.2, 0.25) is 0 Å². The van der Waals surface area contributed by atoms with Crippen molar-refractivity contribution in [3.63, 3.8) is 0 Å². The van der Waals surface area contributed by atoms with Gasteiger partial charge in [0.05, 0.1) is 29.8 Å². The van der Waals surface area contributed by atoms with Crippen LogP contribution in [0.1, 0.15) is 91.3 Å². The molecule has 2 fully saturated rings. The van der Waals surface area contributed by atoms with Gasteiger partial charge in [0.15, 0.2) is 0 Å². The molecule has 3 aromatic rings. The average molecular weight is 693 g/mol. The summed E-state index contributed by atoms with van der Waals surface area (Å²) in [5, 5.41) is 22.7. The predicted molar refractivity (Wildman–Crippen MR) is 157 cm³/mol. The third-order valence-corrected chi connectivity index (χ3v) is 9.57. The number of anilines is 1. The topological polar surface area (TPSA) is 70.3 Å². The lowest BCUT2D eigenvalue weighted by molar-refractivity contribution is -0.143. The van der Waals surface area contributed by atoms with Gasteiger partial charge >= 0.3 is 18.5 Å². The third-order valence-electron chi connectivity index (χ3n) is 9.57. The molecule has 1 aliphatic heterocycles. The molecule has 5 rings (SSSR count). The van der Waals surface area contributed by atoms with E-state index in [0.717, 1.165) is 49.0 Å². The van der Waals surface area contributed by atoms with Crippen LogP contribution in [0.25, 0.3) is 0 Å². The van der Waals surface area contributed by atoms with E-state index in [1.165, 1.54) is 18.0 Å². The largest absolute Gasteiger partial charge is 0.416 e. The number of halogens is 9. The number of rotatable bonds is 8. The number of aliphatic hydroxyl groups excluding tert-OH is 1. The normalized spacial score (nSPS) is 21.9. The minimum absolute atomic E-state index is 0.0137. The lowest BCUT2D eigenvalue weighted by Gasteiger charge is -2.50. The Bertz CT molecular complexity index is 1530. The van der Waals surface area contributed by atoms with E-state index in [-0.39, 0.29) is 35.6 Å². The van der Waals surface area contributed by atoms with Crippen LogP contribution in [0.5, 0.6) is 0 Å². The Balaban J connectivity index is 1.57. The number of hydrogen-bond donors (Lipinski definition) is 1. The second-order valence-corrected chi connectivity index (χ2v) is 12.9. The zero-order valence-electron chi connectivity index (χ0n) is 26.4. The molecule has 2 heterocycles. The molecule has 3 atom stereocenters. The number of likely N-dealkylation sites (tertiary alicyclic amines) is 1. The summed E-state index contributed by atoms with van der Waals surface area (Å²) in [7, 11) is 1.40. The second-order valence-electron chi connectivity index (χ2n) is 12.9. The van der Waals surface area contributed by atoms with Crippen molar-refractivity contribution in [2.45, 2.75) is 95.6 Å². The van der Waals surface area contributed by atoms with Crippen molar-refractivity contribution in [2.24, 2.45) is 12.5 Å². The summed E-state index contributed by atoms with van der Waals surface area (Å²) in [6.45, 7) is 2.12. The molecule has 1 aromatic heterocycles. The fraction of sp³-hybridized carbons (Fsp3) is 0.594. The average Bonchev–Trinajstić information content (AvgIpc) is 3.44. The molecule has 1 aliphatic carbocycles. The summed E-state index contributed by atoms with van der Waals surface area (Å²) >= 11 is 0. The molecule has 16 heteroatoms. The van der Waals surface area contributed by atoms with Crippen LogP contribution >= 0.6 is 0 Å². The molecule has 2 aliphatic rings. The summed E-state index contributed by atoms with van der Waals surface area (Å²) in [5.41, 5.74) is -4.03. The van der Waals surface area contributed by atoms with Crippen molar-refractivity contribution in [1.29, 1.82) is 0 Å². The van der Waals surface area contributed by atoms with Gasteiger partial charge in [-0.25, -0.2) is 0 Å². The Morgan fingerprint density at radius 2 is 1.52 bits per heavy atom. The number of nitrogens with zero attached hydrogens (tertiary/aromatic N) is 6. The molecule has 0 bridgehead atoms. The van der Waals surface area contributed by atoms with Crippen LogP contribution in [-0.2, 0) is 38.7 Å². The minimum Gasteiger partial charge on any atom is -0.393 e. The van der Waals surface area contributed by atoms with Crippen LogP contribution < -0.4 is 4.90 Å². The highest BCUT2D eigenvalue weighted by atomic mass is 19.4. The van der Waals surface area contributed by atoms with Gasteiger partial charge in [0.25, 0.3) is 5.95 Å². The number of aryl methyl sites for hydroxylation is 1. The van der Waals surface area contributed by atoms with E-state index in [9.17, 15) is 44.6 Å². The second kappa shape index (κ2) is 13.5. The molecule has 0 amide bonds. The zero-order valence-corrected chi connectivity index (χ0v) is 26.4. The number of hydrogen-bond acceptors (Lipinski definition) is 6. The van der Waals surface area contributed by atoms with E-state index in [4.69, 9.17) is 0 Å². The van der Waals surface area contributed by atoms with Crippen molar-refractivity contribution in [3.8, 4) is 0 Å². The fourth-order valence-corrected chi connectivity index (χ4v) is 7.28. The van der Waals surface area contributed by atoms with Gasteiger partial charge in [0, 0.05) is 31.1 Å². The highest BCUT2D eigenvalue weighted by molar-refractivity contribution is 5.42. The van der Waals surface area contributed by atoms with E-state index in [2.05, 4.69) is 20.3 Å². The molecule has 7 nitrogen and oxygen atoms in total. The van der Waals surface area contributed by atoms with Gasteiger partial charge in [-0.1, -0.05) is 30.9 Å². The molecule has 1 saturated heterocycles. The lowest BCUT2D eigenvalue weighted by Crippen LogP contribution is -2.51. The lowest BCUT2D eigenvalue weighted by atomic mass is 9.67. The van der Waals surface area contributed by atoms with Crippen molar-refractivity contribution in [1.82, 2.24) is 25.1 Å². The SMILES string of the molecule is CCC(c1ccc(C(F)(F)F)cc1CN(Cc1cc(C(F)(F)F)cc(C(F)(F)F)c1)c1nnn(C)n1)N1CCC[C@@]2(CCCC[C@H]2O)C1. The number of tetrazole rings is 1. The fourth-order valence-electron chi connectivity index (χ4n) is 7.28. The maximum Gasteiger partial charge on any atom is 0.416 e. The van der Waals surface area contributed by atoms with Crippen LogP contribution in [0.2, 0.25) is 0 Å². The van der Waals surface area contributed by atoms with Gasteiger partial charge in [-0.3, -0.25) is 4.90 Å². The van der Waals surface area contributed by atoms with E-state index in [1.54, 1.807) is 0 Å². The molecule has 1 saturated carbocycles. The van der Waals surface area contributed by atoms with Crippen molar-refractivity contribution >= 4 is 5.95 Å². The van der Waals surface area contributed by atoms with E-state index in [1.807, 2.05) is 6.92 Å².